The summed E-state index contributed by atoms with van der Waals surface area (Å²) in [6, 6.07) is 8.82. The first-order valence-electron chi connectivity index (χ1n) is 8.52. The van der Waals surface area contributed by atoms with E-state index in [2.05, 4.69) is 46.1 Å². The van der Waals surface area contributed by atoms with Crippen LogP contribution in [0.15, 0.2) is 43.0 Å². The Bertz CT molecular complexity index is 578. The molecule has 4 nitrogen and oxygen atoms in total. The van der Waals surface area contributed by atoms with Crippen LogP contribution in [0.3, 0.4) is 0 Å². The third-order valence-corrected chi connectivity index (χ3v) is 4.55. The normalized spacial score (nSPS) is 15.3. The molecule has 2 rings (SSSR count). The largest absolute Gasteiger partial charge is 0.390 e. The number of benzene rings is 1. The molecule has 4 heteroatoms. The molecule has 0 aliphatic rings. The van der Waals surface area contributed by atoms with Crippen molar-refractivity contribution in [3.8, 4) is 0 Å². The Labute approximate surface area is 139 Å². The summed E-state index contributed by atoms with van der Waals surface area (Å²) in [6.07, 6.45) is 8.21. The maximum atomic E-state index is 10.3. The van der Waals surface area contributed by atoms with Gasteiger partial charge < -0.3 is 15.0 Å². The van der Waals surface area contributed by atoms with Gasteiger partial charge in [-0.25, -0.2) is 4.98 Å². The zero-order valence-corrected chi connectivity index (χ0v) is 14.5. The fraction of sp³-hybridized carbons (Fsp3) is 0.526. The zero-order valence-electron chi connectivity index (χ0n) is 14.5. The van der Waals surface area contributed by atoms with E-state index in [-0.39, 0.29) is 0 Å². The van der Waals surface area contributed by atoms with Crippen molar-refractivity contribution in [1.82, 2.24) is 14.9 Å². The molecule has 0 saturated heterocycles. The van der Waals surface area contributed by atoms with E-state index >= 15 is 0 Å². The lowest BCUT2D eigenvalue weighted by Crippen LogP contribution is -2.37. The van der Waals surface area contributed by atoms with Crippen LogP contribution in [-0.4, -0.2) is 26.3 Å². The lowest BCUT2D eigenvalue weighted by atomic mass is 9.93. The fourth-order valence-corrected chi connectivity index (χ4v) is 2.75. The van der Waals surface area contributed by atoms with Crippen LogP contribution in [0.25, 0.3) is 0 Å². The molecule has 2 N–H and O–H groups in total. The lowest BCUT2D eigenvalue weighted by molar-refractivity contribution is 0.0355. The minimum atomic E-state index is -0.593. The molecule has 23 heavy (non-hydrogen) atoms. The van der Waals surface area contributed by atoms with Crippen molar-refractivity contribution in [2.45, 2.75) is 64.8 Å². The monoisotopic (exact) mass is 315 g/mol. The van der Waals surface area contributed by atoms with Crippen molar-refractivity contribution in [3.63, 3.8) is 0 Å². The van der Waals surface area contributed by atoms with E-state index in [0.29, 0.717) is 6.04 Å². The molecule has 0 saturated carbocycles. The van der Waals surface area contributed by atoms with Crippen molar-refractivity contribution < 1.29 is 5.11 Å². The molecule has 0 fully saturated rings. The van der Waals surface area contributed by atoms with E-state index in [1.54, 1.807) is 6.20 Å². The summed E-state index contributed by atoms with van der Waals surface area (Å²) < 4.78 is 2.08. The van der Waals surface area contributed by atoms with Gasteiger partial charge in [0.1, 0.15) is 0 Å². The Kier molecular flexibility index (Phi) is 6.37. The molecule has 2 unspecified atom stereocenters. The molecule has 1 aromatic carbocycles. The average Bonchev–Trinajstić information content (AvgIpc) is 3.05. The summed E-state index contributed by atoms with van der Waals surface area (Å²) in [6.45, 7) is 7.78. The van der Waals surface area contributed by atoms with Crippen LogP contribution in [0.5, 0.6) is 0 Å². The van der Waals surface area contributed by atoms with E-state index in [4.69, 9.17) is 0 Å². The predicted octanol–water partition coefficient (Wildman–Crippen LogP) is 3.35. The highest BCUT2D eigenvalue weighted by atomic mass is 16.3. The van der Waals surface area contributed by atoms with E-state index in [0.717, 1.165) is 32.4 Å². The molecular formula is C19H29N3O. The standard InChI is InChI=1S/C19H29N3O/c1-4-18(12-19(3,23)5-2)21-13-16-8-6-7-9-17(16)14-22-11-10-20-15-22/h6-11,15,18,21,23H,4-5,12-14H2,1-3H3. The SMILES string of the molecule is CCC(CC(C)(O)CC)NCc1ccccc1Cn1ccnc1. The van der Waals surface area contributed by atoms with Gasteiger partial charge in [0, 0.05) is 31.5 Å². The smallest absolute Gasteiger partial charge is 0.0949 e. The number of hydrogen-bond donors (Lipinski definition) is 2. The summed E-state index contributed by atoms with van der Waals surface area (Å²) in [5.74, 6) is 0. The second-order valence-corrected chi connectivity index (χ2v) is 6.54. The van der Waals surface area contributed by atoms with Gasteiger partial charge in [-0.2, -0.15) is 0 Å². The van der Waals surface area contributed by atoms with Gasteiger partial charge in [0.15, 0.2) is 0 Å². The lowest BCUT2D eigenvalue weighted by Gasteiger charge is -2.28. The Morgan fingerprint density at radius 2 is 2.00 bits per heavy atom. The van der Waals surface area contributed by atoms with E-state index in [1.807, 2.05) is 26.4 Å². The molecule has 0 aliphatic carbocycles. The molecular weight excluding hydrogens is 286 g/mol. The second-order valence-electron chi connectivity index (χ2n) is 6.54. The van der Waals surface area contributed by atoms with Gasteiger partial charge in [-0.15, -0.1) is 0 Å². The van der Waals surface area contributed by atoms with Crippen LogP contribution in [0, 0.1) is 0 Å². The van der Waals surface area contributed by atoms with Crippen LogP contribution < -0.4 is 5.32 Å². The maximum Gasteiger partial charge on any atom is 0.0949 e. The zero-order chi connectivity index (χ0) is 16.7. The van der Waals surface area contributed by atoms with Crippen LogP contribution in [0.4, 0.5) is 0 Å². The molecule has 0 aliphatic heterocycles. The Hall–Kier alpha value is -1.65. The number of aliphatic hydroxyl groups is 1. The summed E-state index contributed by atoms with van der Waals surface area (Å²) in [5, 5.41) is 13.9. The van der Waals surface area contributed by atoms with Gasteiger partial charge in [-0.3, -0.25) is 0 Å². The van der Waals surface area contributed by atoms with Crippen LogP contribution in [0.1, 0.15) is 51.2 Å². The van der Waals surface area contributed by atoms with Crippen LogP contribution >= 0.6 is 0 Å². The van der Waals surface area contributed by atoms with Gasteiger partial charge >= 0.3 is 0 Å². The third kappa shape index (κ3) is 5.48. The molecule has 126 valence electrons. The molecule has 0 bridgehead atoms. The van der Waals surface area contributed by atoms with Crippen molar-refractivity contribution in [2.24, 2.45) is 0 Å². The average molecular weight is 315 g/mol. The fourth-order valence-electron chi connectivity index (χ4n) is 2.75. The number of nitrogens with one attached hydrogen (secondary N) is 1. The molecule has 2 atom stereocenters. The predicted molar refractivity (Wildman–Crippen MR) is 94.2 cm³/mol. The molecule has 1 aromatic heterocycles. The van der Waals surface area contributed by atoms with Crippen LogP contribution in [0.2, 0.25) is 0 Å². The van der Waals surface area contributed by atoms with E-state index < -0.39 is 5.60 Å². The first-order valence-corrected chi connectivity index (χ1v) is 8.52. The highest BCUT2D eigenvalue weighted by molar-refractivity contribution is 5.27. The number of rotatable bonds is 9. The highest BCUT2D eigenvalue weighted by Crippen LogP contribution is 2.18. The molecule has 0 radical (unpaired) electrons. The topological polar surface area (TPSA) is 50.1 Å². The highest BCUT2D eigenvalue weighted by Gasteiger charge is 2.22. The number of imidazole rings is 1. The van der Waals surface area contributed by atoms with Crippen molar-refractivity contribution in [2.75, 3.05) is 0 Å². The number of nitrogens with zero attached hydrogens (tertiary/aromatic N) is 2. The van der Waals surface area contributed by atoms with Gasteiger partial charge in [0.2, 0.25) is 0 Å². The molecule has 0 spiro atoms. The minimum absolute atomic E-state index is 0.325. The van der Waals surface area contributed by atoms with Gasteiger partial charge in [0.05, 0.1) is 11.9 Å². The first-order chi connectivity index (χ1) is 11.0. The Morgan fingerprint density at radius 3 is 2.61 bits per heavy atom. The summed E-state index contributed by atoms with van der Waals surface area (Å²) in [7, 11) is 0. The Morgan fingerprint density at radius 1 is 1.26 bits per heavy atom. The van der Waals surface area contributed by atoms with Crippen molar-refractivity contribution >= 4 is 0 Å². The van der Waals surface area contributed by atoms with Gasteiger partial charge in [0.25, 0.3) is 0 Å². The molecule has 0 amide bonds. The minimum Gasteiger partial charge on any atom is -0.390 e. The maximum absolute atomic E-state index is 10.3. The quantitative estimate of drug-likeness (QED) is 0.746. The van der Waals surface area contributed by atoms with Gasteiger partial charge in [-0.05, 0) is 37.3 Å². The number of hydrogen-bond acceptors (Lipinski definition) is 3. The van der Waals surface area contributed by atoms with Crippen LogP contribution in [-0.2, 0) is 13.1 Å². The molecule has 2 aromatic rings. The van der Waals surface area contributed by atoms with Gasteiger partial charge in [-0.1, -0.05) is 38.1 Å². The van der Waals surface area contributed by atoms with Crippen molar-refractivity contribution in [3.05, 3.63) is 54.1 Å². The second kappa shape index (κ2) is 8.27. The van der Waals surface area contributed by atoms with Crippen molar-refractivity contribution in [1.29, 1.82) is 0 Å². The Balaban J connectivity index is 1.99. The summed E-state index contributed by atoms with van der Waals surface area (Å²) in [5.41, 5.74) is 2.01. The van der Waals surface area contributed by atoms with E-state index in [9.17, 15) is 5.11 Å². The number of aromatic nitrogens is 2. The third-order valence-electron chi connectivity index (χ3n) is 4.55. The summed E-state index contributed by atoms with van der Waals surface area (Å²) in [4.78, 5) is 4.10. The first kappa shape index (κ1) is 17.7. The van der Waals surface area contributed by atoms with E-state index in [1.165, 1.54) is 11.1 Å². The summed E-state index contributed by atoms with van der Waals surface area (Å²) >= 11 is 0. The molecule has 1 heterocycles.